The summed E-state index contributed by atoms with van der Waals surface area (Å²) < 4.78 is 14.7. The number of halogens is 1. The summed E-state index contributed by atoms with van der Waals surface area (Å²) in [7, 11) is 0. The average Bonchev–Trinajstić information content (AvgIpc) is 3.78. The highest BCUT2D eigenvalue weighted by molar-refractivity contribution is 5.94. The van der Waals surface area contributed by atoms with Crippen LogP contribution in [0.2, 0.25) is 0 Å². The first-order chi connectivity index (χ1) is 17.3. The van der Waals surface area contributed by atoms with Crippen molar-refractivity contribution in [2.45, 2.75) is 46.0 Å². The molecule has 0 unspecified atom stereocenters. The van der Waals surface area contributed by atoms with E-state index in [4.69, 9.17) is 0 Å². The fraction of sp³-hybridized carbons (Fsp3) is 0.357. The van der Waals surface area contributed by atoms with Gasteiger partial charge in [0.05, 0.1) is 11.4 Å². The Morgan fingerprint density at radius 2 is 1.78 bits per heavy atom. The van der Waals surface area contributed by atoms with E-state index in [2.05, 4.69) is 32.8 Å². The number of rotatable bonds is 8. The maximum atomic E-state index is 14.7. The molecule has 0 atom stereocenters. The molecular formula is C28H30FN5O2. The lowest BCUT2D eigenvalue weighted by molar-refractivity contribution is -0.117. The second kappa shape index (κ2) is 9.68. The molecule has 1 aromatic carbocycles. The normalized spacial score (nSPS) is 15.8. The van der Waals surface area contributed by atoms with Gasteiger partial charge in [-0.1, -0.05) is 6.92 Å². The number of carbonyl (C=O) groups is 2. The number of hydrogen-bond acceptors (Lipinski definition) is 4. The molecular weight excluding hydrogens is 457 g/mol. The van der Waals surface area contributed by atoms with Gasteiger partial charge in [-0.15, -0.1) is 0 Å². The highest BCUT2D eigenvalue weighted by Gasteiger charge is 2.36. The van der Waals surface area contributed by atoms with Crippen LogP contribution in [0.4, 0.5) is 20.7 Å². The van der Waals surface area contributed by atoms with E-state index in [0.29, 0.717) is 23.5 Å². The van der Waals surface area contributed by atoms with Gasteiger partial charge in [0.1, 0.15) is 11.6 Å². The van der Waals surface area contributed by atoms with Gasteiger partial charge in [-0.3, -0.25) is 9.78 Å². The van der Waals surface area contributed by atoms with Crippen LogP contribution < -0.4 is 16.0 Å². The predicted octanol–water partition coefficient (Wildman–Crippen LogP) is 5.92. The quantitative estimate of drug-likeness (QED) is 0.368. The number of nitrogens with one attached hydrogen (secondary N) is 3. The second-order valence-corrected chi connectivity index (χ2v) is 10.2. The Kier molecular flexibility index (Phi) is 6.43. The Morgan fingerprint density at radius 1 is 1.03 bits per heavy atom. The van der Waals surface area contributed by atoms with Gasteiger partial charge >= 0.3 is 6.03 Å². The van der Waals surface area contributed by atoms with Crippen LogP contribution in [-0.4, -0.2) is 28.5 Å². The van der Waals surface area contributed by atoms with Gasteiger partial charge in [0, 0.05) is 30.4 Å². The molecule has 186 valence electrons. The van der Waals surface area contributed by atoms with E-state index in [1.54, 1.807) is 24.5 Å². The summed E-state index contributed by atoms with van der Waals surface area (Å²) >= 11 is 0. The van der Waals surface area contributed by atoms with Crippen molar-refractivity contribution in [2.75, 3.05) is 17.2 Å². The van der Waals surface area contributed by atoms with Crippen LogP contribution in [-0.2, 0) is 4.79 Å². The highest BCUT2D eigenvalue weighted by Crippen LogP contribution is 2.47. The SMILES string of the molecule is Cc1cc(F)c(NC(=O)NCCC2(C)CC2)cc1-c1ccnc(-c2ccnc(NC(=O)C3CC3)c2)c1. The van der Waals surface area contributed by atoms with Gasteiger partial charge in [0.25, 0.3) is 0 Å². The third kappa shape index (κ3) is 5.70. The molecule has 3 amide bonds. The molecule has 0 spiro atoms. The molecule has 5 rings (SSSR count). The molecule has 0 aliphatic heterocycles. The van der Waals surface area contributed by atoms with Gasteiger partial charge in [-0.05, 0) is 97.5 Å². The number of nitrogens with zero attached hydrogens (tertiary/aromatic N) is 2. The van der Waals surface area contributed by atoms with Crippen molar-refractivity contribution < 1.29 is 14.0 Å². The maximum Gasteiger partial charge on any atom is 0.319 e. The topological polar surface area (TPSA) is 96.0 Å². The third-order valence-corrected chi connectivity index (χ3v) is 7.01. The van der Waals surface area contributed by atoms with Crippen molar-refractivity contribution in [2.24, 2.45) is 11.3 Å². The Balaban J connectivity index is 1.33. The molecule has 2 aliphatic rings. The van der Waals surface area contributed by atoms with Crippen LogP contribution in [0.3, 0.4) is 0 Å². The summed E-state index contributed by atoms with van der Waals surface area (Å²) in [5, 5.41) is 8.34. The summed E-state index contributed by atoms with van der Waals surface area (Å²) in [6.07, 6.45) is 8.47. The molecule has 36 heavy (non-hydrogen) atoms. The van der Waals surface area contributed by atoms with Crippen LogP contribution in [0, 0.1) is 24.1 Å². The molecule has 2 aliphatic carbocycles. The first kappa shape index (κ1) is 23.9. The van der Waals surface area contributed by atoms with Gasteiger partial charge < -0.3 is 16.0 Å². The number of urea groups is 1. The molecule has 2 heterocycles. The summed E-state index contributed by atoms with van der Waals surface area (Å²) in [6.45, 7) is 4.60. The largest absolute Gasteiger partial charge is 0.338 e. The Bertz CT molecular complexity index is 1320. The van der Waals surface area contributed by atoms with Gasteiger partial charge in [-0.2, -0.15) is 0 Å². The lowest BCUT2D eigenvalue weighted by Gasteiger charge is -2.14. The van der Waals surface area contributed by atoms with E-state index < -0.39 is 11.8 Å². The Hall–Kier alpha value is -3.81. The van der Waals surface area contributed by atoms with E-state index in [9.17, 15) is 14.0 Å². The minimum Gasteiger partial charge on any atom is -0.338 e. The van der Waals surface area contributed by atoms with Gasteiger partial charge in [0.15, 0.2) is 0 Å². The van der Waals surface area contributed by atoms with Crippen molar-refractivity contribution >= 4 is 23.4 Å². The molecule has 2 aromatic heterocycles. The molecule has 0 saturated heterocycles. The highest BCUT2D eigenvalue weighted by atomic mass is 19.1. The fourth-order valence-electron chi connectivity index (χ4n) is 4.18. The zero-order chi connectivity index (χ0) is 25.3. The van der Waals surface area contributed by atoms with Gasteiger partial charge in [-0.25, -0.2) is 14.2 Å². The Morgan fingerprint density at radius 3 is 2.53 bits per heavy atom. The molecule has 8 heteroatoms. The lowest BCUT2D eigenvalue weighted by atomic mass is 9.98. The summed E-state index contributed by atoms with van der Waals surface area (Å²) in [5.74, 6) is 0.0848. The summed E-state index contributed by atoms with van der Waals surface area (Å²) in [4.78, 5) is 33.2. The zero-order valence-electron chi connectivity index (χ0n) is 20.5. The minimum absolute atomic E-state index is 0.00546. The lowest BCUT2D eigenvalue weighted by Crippen LogP contribution is -2.30. The smallest absolute Gasteiger partial charge is 0.319 e. The van der Waals surface area contributed by atoms with E-state index in [0.717, 1.165) is 41.5 Å². The number of aromatic nitrogens is 2. The van der Waals surface area contributed by atoms with Gasteiger partial charge in [0.2, 0.25) is 5.91 Å². The van der Waals surface area contributed by atoms with Crippen LogP contribution in [0.15, 0.2) is 48.8 Å². The van der Waals surface area contributed by atoms with Crippen molar-refractivity contribution in [1.29, 1.82) is 0 Å². The number of amides is 3. The molecule has 2 fully saturated rings. The number of hydrogen-bond donors (Lipinski definition) is 3. The molecule has 3 aromatic rings. The number of pyridine rings is 2. The van der Waals surface area contributed by atoms with Crippen molar-refractivity contribution in [3.63, 3.8) is 0 Å². The molecule has 0 bridgehead atoms. The monoisotopic (exact) mass is 487 g/mol. The molecule has 0 radical (unpaired) electrons. The number of anilines is 2. The van der Waals surface area contributed by atoms with Crippen molar-refractivity contribution in [3.05, 3.63) is 60.2 Å². The molecule has 2 saturated carbocycles. The Labute approximate surface area is 209 Å². The molecule has 3 N–H and O–H groups in total. The average molecular weight is 488 g/mol. The number of aryl methyl sites for hydroxylation is 1. The predicted molar refractivity (Wildman–Crippen MR) is 138 cm³/mol. The van der Waals surface area contributed by atoms with Crippen molar-refractivity contribution in [1.82, 2.24) is 15.3 Å². The summed E-state index contributed by atoms with van der Waals surface area (Å²) in [5.41, 5.74) is 4.33. The van der Waals surface area contributed by atoms with Crippen LogP contribution in [0.5, 0.6) is 0 Å². The third-order valence-electron chi connectivity index (χ3n) is 7.01. The first-order valence-electron chi connectivity index (χ1n) is 12.4. The number of benzene rings is 1. The first-order valence-corrected chi connectivity index (χ1v) is 12.4. The minimum atomic E-state index is -0.486. The fourth-order valence-corrected chi connectivity index (χ4v) is 4.18. The van der Waals surface area contributed by atoms with Crippen LogP contribution >= 0.6 is 0 Å². The maximum absolute atomic E-state index is 14.7. The summed E-state index contributed by atoms with van der Waals surface area (Å²) in [6, 6.07) is 10.0. The van der Waals surface area contributed by atoms with Crippen LogP contribution in [0.25, 0.3) is 22.4 Å². The standard InChI is InChI=1S/C28H30FN5O2/c1-17-13-22(29)24(33-27(36)32-12-9-28(2)7-8-28)16-21(17)19-5-10-30-23(14-19)20-6-11-31-25(15-20)34-26(35)18-3-4-18/h5-6,10-11,13-16,18H,3-4,7-9,12H2,1-2H3,(H,31,34,35)(H2,32,33,36). The second-order valence-electron chi connectivity index (χ2n) is 10.2. The van der Waals surface area contributed by atoms with E-state index in [1.807, 2.05) is 25.1 Å². The van der Waals surface area contributed by atoms with E-state index in [1.165, 1.54) is 18.9 Å². The zero-order valence-corrected chi connectivity index (χ0v) is 20.5. The van der Waals surface area contributed by atoms with Crippen molar-refractivity contribution in [3.8, 4) is 22.4 Å². The van der Waals surface area contributed by atoms with E-state index >= 15 is 0 Å². The van der Waals surface area contributed by atoms with E-state index in [-0.39, 0.29) is 17.5 Å². The number of carbonyl (C=O) groups excluding carboxylic acids is 2. The molecule has 7 nitrogen and oxygen atoms in total. The van der Waals surface area contributed by atoms with Crippen LogP contribution in [0.1, 0.15) is 44.6 Å².